The van der Waals surface area contributed by atoms with E-state index in [1.807, 2.05) is 0 Å². The Bertz CT molecular complexity index is 704. The Hall–Kier alpha value is -2.14. The third-order valence-electron chi connectivity index (χ3n) is 2.99. The minimum absolute atomic E-state index is 0.0592. The molecule has 0 N–H and O–H groups in total. The Morgan fingerprint density at radius 2 is 2.05 bits per heavy atom. The average Bonchev–Trinajstić information content (AvgIpc) is 2.49. The van der Waals surface area contributed by atoms with Crippen LogP contribution in [0.25, 0.3) is 11.1 Å². The monoisotopic (exact) mass is 309 g/mol. The summed E-state index contributed by atoms with van der Waals surface area (Å²) in [5, 5.41) is -0.0592. The van der Waals surface area contributed by atoms with Gasteiger partial charge in [-0.2, -0.15) is 0 Å². The summed E-state index contributed by atoms with van der Waals surface area (Å²) in [6, 6.07) is 4.52. The number of methoxy groups -OCH3 is 2. The second kappa shape index (κ2) is 6.10. The maximum absolute atomic E-state index is 14.4. The fourth-order valence-electron chi connectivity index (χ4n) is 1.99. The molecule has 2 aromatic rings. The zero-order chi connectivity index (χ0) is 15.6. The predicted octanol–water partition coefficient (Wildman–Crippen LogP) is 3.64. The van der Waals surface area contributed by atoms with Crippen molar-refractivity contribution < 1.29 is 18.7 Å². The van der Waals surface area contributed by atoms with Crippen molar-refractivity contribution in [3.05, 3.63) is 46.5 Å². The summed E-state index contributed by atoms with van der Waals surface area (Å²) in [6.07, 6.45) is 1.34. The van der Waals surface area contributed by atoms with Crippen LogP contribution in [0.3, 0.4) is 0 Å². The first-order valence-electron chi connectivity index (χ1n) is 6.07. The lowest BCUT2D eigenvalue weighted by Crippen LogP contribution is -2.06. The number of hydrogen-bond donors (Lipinski definition) is 0. The zero-order valence-corrected chi connectivity index (χ0v) is 12.5. The van der Waals surface area contributed by atoms with E-state index in [-0.39, 0.29) is 21.9 Å². The molecular formula is C15H13ClFNO3. The predicted molar refractivity (Wildman–Crippen MR) is 77.3 cm³/mol. The number of benzene rings is 1. The van der Waals surface area contributed by atoms with Crippen LogP contribution in [0.15, 0.2) is 24.4 Å². The smallest absolute Gasteiger partial charge is 0.340 e. The van der Waals surface area contributed by atoms with Gasteiger partial charge in [0.15, 0.2) is 5.82 Å². The Labute approximate surface area is 126 Å². The molecule has 0 unspecified atom stereocenters. The molecule has 0 saturated heterocycles. The molecule has 1 aromatic heterocycles. The SMILES string of the molecule is COC(=O)c1cnc(C)cc1-c1c(OC)ccc(Cl)c1F. The van der Waals surface area contributed by atoms with Crippen molar-refractivity contribution in [3.63, 3.8) is 0 Å². The van der Waals surface area contributed by atoms with Crippen molar-refractivity contribution in [1.82, 2.24) is 4.98 Å². The molecule has 0 amide bonds. The standard InChI is InChI=1S/C15H13ClFNO3/c1-8-6-9(10(7-18-8)15(19)21-3)13-12(20-2)5-4-11(16)14(13)17/h4-7H,1-3H3. The lowest BCUT2D eigenvalue weighted by molar-refractivity contribution is 0.0601. The third kappa shape index (κ3) is 2.83. The van der Waals surface area contributed by atoms with Gasteiger partial charge < -0.3 is 9.47 Å². The first-order valence-corrected chi connectivity index (χ1v) is 6.44. The van der Waals surface area contributed by atoms with Crippen LogP contribution in [-0.4, -0.2) is 25.2 Å². The third-order valence-corrected chi connectivity index (χ3v) is 3.28. The molecule has 0 aliphatic carbocycles. The van der Waals surface area contributed by atoms with E-state index in [1.54, 1.807) is 13.0 Å². The maximum atomic E-state index is 14.4. The molecule has 0 bridgehead atoms. The second-order valence-corrected chi connectivity index (χ2v) is 4.71. The molecule has 21 heavy (non-hydrogen) atoms. The molecule has 0 aliphatic rings. The number of esters is 1. The van der Waals surface area contributed by atoms with Crippen LogP contribution in [-0.2, 0) is 4.74 Å². The molecule has 110 valence electrons. The minimum atomic E-state index is -0.660. The average molecular weight is 310 g/mol. The molecule has 0 aliphatic heterocycles. The number of aryl methyl sites for hydroxylation is 1. The summed E-state index contributed by atoms with van der Waals surface area (Å²) >= 11 is 5.84. The summed E-state index contributed by atoms with van der Waals surface area (Å²) in [6.45, 7) is 1.74. The Balaban J connectivity index is 2.80. The molecule has 6 heteroatoms. The summed E-state index contributed by atoms with van der Waals surface area (Å²) in [5.41, 5.74) is 1.20. The molecule has 1 heterocycles. The number of rotatable bonds is 3. The first-order chi connectivity index (χ1) is 9.99. The number of carbonyl (C=O) groups excluding carboxylic acids is 1. The van der Waals surface area contributed by atoms with Gasteiger partial charge in [0.2, 0.25) is 0 Å². The van der Waals surface area contributed by atoms with Crippen LogP contribution in [0.2, 0.25) is 5.02 Å². The molecule has 0 atom stereocenters. The summed E-state index contributed by atoms with van der Waals surface area (Å²) < 4.78 is 24.3. The summed E-state index contributed by atoms with van der Waals surface area (Å²) in [4.78, 5) is 15.9. The van der Waals surface area contributed by atoms with Crippen LogP contribution >= 0.6 is 11.6 Å². The highest BCUT2D eigenvalue weighted by molar-refractivity contribution is 6.31. The number of ether oxygens (including phenoxy) is 2. The maximum Gasteiger partial charge on any atom is 0.340 e. The highest BCUT2D eigenvalue weighted by Gasteiger charge is 2.22. The molecule has 0 spiro atoms. The number of nitrogens with zero attached hydrogens (tertiary/aromatic N) is 1. The Kier molecular flexibility index (Phi) is 4.43. The van der Waals surface area contributed by atoms with Crippen LogP contribution < -0.4 is 4.74 Å². The number of aromatic nitrogens is 1. The van der Waals surface area contributed by atoms with Crippen molar-refractivity contribution in [2.75, 3.05) is 14.2 Å². The van der Waals surface area contributed by atoms with E-state index in [2.05, 4.69) is 4.98 Å². The van der Waals surface area contributed by atoms with Gasteiger partial charge in [0.25, 0.3) is 0 Å². The number of carbonyl (C=O) groups is 1. The van der Waals surface area contributed by atoms with Gasteiger partial charge in [-0.3, -0.25) is 4.98 Å². The fraction of sp³-hybridized carbons (Fsp3) is 0.200. The molecule has 0 saturated carbocycles. The van der Waals surface area contributed by atoms with Gasteiger partial charge >= 0.3 is 5.97 Å². The van der Waals surface area contributed by atoms with Gasteiger partial charge in [-0.05, 0) is 25.1 Å². The molecular weight excluding hydrogens is 297 g/mol. The van der Waals surface area contributed by atoms with Gasteiger partial charge in [-0.1, -0.05) is 11.6 Å². The number of pyridine rings is 1. The van der Waals surface area contributed by atoms with E-state index < -0.39 is 11.8 Å². The normalized spacial score (nSPS) is 10.3. The minimum Gasteiger partial charge on any atom is -0.496 e. The second-order valence-electron chi connectivity index (χ2n) is 4.30. The first kappa shape index (κ1) is 15.3. The van der Waals surface area contributed by atoms with E-state index in [0.717, 1.165) is 0 Å². The molecule has 2 rings (SSSR count). The Morgan fingerprint density at radius 3 is 2.67 bits per heavy atom. The summed E-state index contributed by atoms with van der Waals surface area (Å²) in [7, 11) is 2.66. The van der Waals surface area contributed by atoms with Crippen molar-refractivity contribution in [2.45, 2.75) is 6.92 Å². The van der Waals surface area contributed by atoms with Gasteiger partial charge in [-0.25, -0.2) is 9.18 Å². The zero-order valence-electron chi connectivity index (χ0n) is 11.7. The van der Waals surface area contributed by atoms with Crippen LogP contribution in [0.5, 0.6) is 5.75 Å². The van der Waals surface area contributed by atoms with Crippen LogP contribution in [0, 0.1) is 12.7 Å². The van der Waals surface area contributed by atoms with E-state index in [0.29, 0.717) is 11.3 Å². The molecule has 4 nitrogen and oxygen atoms in total. The van der Waals surface area contributed by atoms with Gasteiger partial charge in [0.05, 0.1) is 30.4 Å². The van der Waals surface area contributed by atoms with Crippen molar-refractivity contribution in [1.29, 1.82) is 0 Å². The van der Waals surface area contributed by atoms with Gasteiger partial charge in [0.1, 0.15) is 5.75 Å². The van der Waals surface area contributed by atoms with E-state index >= 15 is 0 Å². The van der Waals surface area contributed by atoms with Crippen LogP contribution in [0.4, 0.5) is 4.39 Å². The van der Waals surface area contributed by atoms with E-state index in [4.69, 9.17) is 21.1 Å². The number of hydrogen-bond acceptors (Lipinski definition) is 4. The quantitative estimate of drug-likeness (QED) is 0.812. The van der Waals surface area contributed by atoms with Crippen molar-refractivity contribution in [2.24, 2.45) is 0 Å². The Morgan fingerprint density at radius 1 is 1.33 bits per heavy atom. The van der Waals surface area contributed by atoms with E-state index in [1.165, 1.54) is 32.5 Å². The highest BCUT2D eigenvalue weighted by atomic mass is 35.5. The molecule has 0 radical (unpaired) electrons. The number of halogens is 2. The van der Waals surface area contributed by atoms with Crippen molar-refractivity contribution >= 4 is 17.6 Å². The highest BCUT2D eigenvalue weighted by Crippen LogP contribution is 2.38. The lowest BCUT2D eigenvalue weighted by Gasteiger charge is -2.14. The van der Waals surface area contributed by atoms with Crippen LogP contribution in [0.1, 0.15) is 16.1 Å². The summed E-state index contributed by atoms with van der Waals surface area (Å²) in [5.74, 6) is -1.00. The van der Waals surface area contributed by atoms with E-state index in [9.17, 15) is 9.18 Å². The topological polar surface area (TPSA) is 48.4 Å². The molecule has 0 fully saturated rings. The molecule has 1 aromatic carbocycles. The fourth-order valence-corrected chi connectivity index (χ4v) is 2.15. The van der Waals surface area contributed by atoms with Gasteiger partial charge in [-0.15, -0.1) is 0 Å². The largest absolute Gasteiger partial charge is 0.496 e. The van der Waals surface area contributed by atoms with Crippen molar-refractivity contribution in [3.8, 4) is 16.9 Å². The lowest BCUT2D eigenvalue weighted by atomic mass is 9.99. The van der Waals surface area contributed by atoms with Gasteiger partial charge in [0, 0.05) is 17.5 Å².